The van der Waals surface area contributed by atoms with Gasteiger partial charge in [0.05, 0.1) is 6.20 Å². The van der Waals surface area contributed by atoms with Crippen molar-refractivity contribution in [3.05, 3.63) is 42.1 Å². The van der Waals surface area contributed by atoms with Crippen LogP contribution in [0.15, 0.2) is 36.5 Å². The highest BCUT2D eigenvalue weighted by Crippen LogP contribution is 2.19. The van der Waals surface area contributed by atoms with E-state index < -0.39 is 0 Å². The lowest BCUT2D eigenvalue weighted by molar-refractivity contribution is 1.02. The van der Waals surface area contributed by atoms with Crippen molar-refractivity contribution in [2.75, 3.05) is 17.6 Å². The molecule has 0 aliphatic carbocycles. The van der Waals surface area contributed by atoms with Crippen molar-refractivity contribution in [1.82, 2.24) is 4.98 Å². The van der Waals surface area contributed by atoms with Crippen LogP contribution in [0.4, 0.5) is 10.1 Å². The minimum Gasteiger partial charge on any atom is -0.389 e. The molecule has 3 nitrogen and oxygen atoms in total. The van der Waals surface area contributed by atoms with Gasteiger partial charge in [-0.3, -0.25) is 0 Å². The number of benzene rings is 1. The van der Waals surface area contributed by atoms with E-state index in [-0.39, 0.29) is 0 Å². The highest BCUT2D eigenvalue weighted by molar-refractivity contribution is 7.19. The second kappa shape index (κ2) is 4.79. The third-order valence-electron chi connectivity index (χ3n) is 2.06. The first-order valence-electron chi connectivity index (χ1n) is 4.84. The van der Waals surface area contributed by atoms with Crippen LogP contribution in [0, 0.1) is 0 Å². The molecule has 1 aromatic heterocycles. The molecule has 4 heteroatoms. The predicted molar refractivity (Wildman–Crippen MR) is 65.2 cm³/mol. The summed E-state index contributed by atoms with van der Waals surface area (Å²) in [6.45, 7) is 0.886. The van der Waals surface area contributed by atoms with Crippen molar-refractivity contribution in [2.45, 2.75) is 6.42 Å². The van der Waals surface area contributed by atoms with Gasteiger partial charge in [0.15, 0.2) is 5.13 Å². The molecule has 2 aromatic rings. The molecule has 0 saturated carbocycles. The van der Waals surface area contributed by atoms with Crippen LogP contribution in [0.3, 0.4) is 0 Å². The van der Waals surface area contributed by atoms with Crippen LogP contribution in [-0.4, -0.2) is 11.5 Å². The van der Waals surface area contributed by atoms with Gasteiger partial charge in [0, 0.05) is 6.54 Å². The number of nitrogen functional groups attached to an aromatic ring is 1. The second-order valence-corrected chi connectivity index (χ2v) is 4.29. The van der Waals surface area contributed by atoms with Crippen LogP contribution in [0.25, 0.3) is 0 Å². The lowest BCUT2D eigenvalue weighted by Gasteiger charge is -2.02. The fraction of sp³-hybridized carbons (Fsp3) is 0.182. The fourth-order valence-corrected chi connectivity index (χ4v) is 1.94. The average molecular weight is 219 g/mol. The normalized spacial score (nSPS) is 10.1. The van der Waals surface area contributed by atoms with Gasteiger partial charge in [-0.05, 0) is 12.0 Å². The molecule has 15 heavy (non-hydrogen) atoms. The zero-order chi connectivity index (χ0) is 10.5. The van der Waals surface area contributed by atoms with E-state index in [2.05, 4.69) is 34.6 Å². The van der Waals surface area contributed by atoms with Gasteiger partial charge in [0.1, 0.15) is 5.00 Å². The maximum atomic E-state index is 5.58. The number of anilines is 2. The molecule has 0 spiro atoms. The van der Waals surface area contributed by atoms with Crippen LogP contribution >= 0.6 is 11.3 Å². The highest BCUT2D eigenvalue weighted by Gasteiger charge is 1.97. The molecule has 0 radical (unpaired) electrons. The number of nitrogens with two attached hydrogens (primary N) is 1. The van der Waals surface area contributed by atoms with Gasteiger partial charge < -0.3 is 11.1 Å². The molecule has 1 aromatic carbocycles. The van der Waals surface area contributed by atoms with Gasteiger partial charge in [-0.1, -0.05) is 41.7 Å². The van der Waals surface area contributed by atoms with Crippen molar-refractivity contribution in [2.24, 2.45) is 0 Å². The summed E-state index contributed by atoms with van der Waals surface area (Å²) in [7, 11) is 0. The zero-order valence-electron chi connectivity index (χ0n) is 8.31. The number of nitrogens with zero attached hydrogens (tertiary/aromatic N) is 1. The van der Waals surface area contributed by atoms with Crippen molar-refractivity contribution < 1.29 is 0 Å². The van der Waals surface area contributed by atoms with Gasteiger partial charge in [0.25, 0.3) is 0 Å². The average Bonchev–Trinajstić information content (AvgIpc) is 2.66. The molecular formula is C11H13N3S. The van der Waals surface area contributed by atoms with Gasteiger partial charge in [-0.25, -0.2) is 4.98 Å². The Morgan fingerprint density at radius 3 is 2.73 bits per heavy atom. The summed E-state index contributed by atoms with van der Waals surface area (Å²) in [6, 6.07) is 10.4. The van der Waals surface area contributed by atoms with Crippen LogP contribution in [-0.2, 0) is 6.42 Å². The van der Waals surface area contributed by atoms with Crippen molar-refractivity contribution in [3.63, 3.8) is 0 Å². The van der Waals surface area contributed by atoms with Crippen molar-refractivity contribution >= 4 is 21.5 Å². The van der Waals surface area contributed by atoms with Crippen LogP contribution < -0.4 is 11.1 Å². The first-order chi connectivity index (χ1) is 7.34. The number of nitrogens with one attached hydrogen (secondary N) is 1. The second-order valence-electron chi connectivity index (χ2n) is 3.23. The zero-order valence-corrected chi connectivity index (χ0v) is 9.13. The maximum absolute atomic E-state index is 5.58. The first kappa shape index (κ1) is 9.98. The molecule has 0 fully saturated rings. The summed E-state index contributed by atoms with van der Waals surface area (Å²) in [6.07, 6.45) is 2.68. The molecule has 78 valence electrons. The van der Waals surface area contributed by atoms with E-state index in [0.717, 1.165) is 23.1 Å². The smallest absolute Gasteiger partial charge is 0.184 e. The fourth-order valence-electron chi connectivity index (χ4n) is 1.33. The largest absolute Gasteiger partial charge is 0.389 e. The van der Waals surface area contributed by atoms with Gasteiger partial charge in [-0.2, -0.15) is 0 Å². The van der Waals surface area contributed by atoms with E-state index in [9.17, 15) is 0 Å². The Balaban J connectivity index is 1.80. The van der Waals surface area contributed by atoms with Crippen LogP contribution in [0.1, 0.15) is 5.56 Å². The van der Waals surface area contributed by atoms with E-state index in [0.29, 0.717) is 0 Å². The molecule has 2 rings (SSSR count). The van der Waals surface area contributed by atoms with Crippen molar-refractivity contribution in [3.8, 4) is 0 Å². The number of aromatic nitrogens is 1. The quantitative estimate of drug-likeness (QED) is 0.830. The molecule has 0 atom stereocenters. The highest BCUT2D eigenvalue weighted by atomic mass is 32.1. The Labute approximate surface area is 93.0 Å². The number of hydrogen-bond donors (Lipinski definition) is 2. The molecule has 0 aliphatic heterocycles. The van der Waals surface area contributed by atoms with E-state index >= 15 is 0 Å². The summed E-state index contributed by atoms with van der Waals surface area (Å²) >= 11 is 1.48. The minimum absolute atomic E-state index is 0.747. The SMILES string of the molecule is Nc1cnc(NCCc2ccccc2)s1. The summed E-state index contributed by atoms with van der Waals surface area (Å²) in [4.78, 5) is 4.13. The van der Waals surface area contributed by atoms with Gasteiger partial charge in [0.2, 0.25) is 0 Å². The predicted octanol–water partition coefficient (Wildman–Crippen LogP) is 2.38. The molecule has 0 saturated heterocycles. The Morgan fingerprint density at radius 2 is 2.07 bits per heavy atom. The van der Waals surface area contributed by atoms with E-state index in [1.165, 1.54) is 16.9 Å². The molecule has 0 unspecified atom stereocenters. The molecule has 0 bridgehead atoms. The first-order valence-corrected chi connectivity index (χ1v) is 5.65. The molecule has 1 heterocycles. The Morgan fingerprint density at radius 1 is 1.27 bits per heavy atom. The summed E-state index contributed by atoms with van der Waals surface area (Å²) in [5.41, 5.74) is 6.91. The standard InChI is InChI=1S/C11H13N3S/c12-10-8-14-11(15-10)13-7-6-9-4-2-1-3-5-9/h1-5,8H,6-7,12H2,(H,13,14). The lowest BCUT2D eigenvalue weighted by Crippen LogP contribution is -2.03. The third kappa shape index (κ3) is 2.95. The minimum atomic E-state index is 0.747. The van der Waals surface area contributed by atoms with Gasteiger partial charge in [-0.15, -0.1) is 0 Å². The molecule has 0 aliphatic rings. The Bertz CT molecular complexity index is 411. The molecule has 3 N–H and O–H groups in total. The summed E-state index contributed by atoms with van der Waals surface area (Å²) < 4.78 is 0. The maximum Gasteiger partial charge on any atom is 0.184 e. The van der Waals surface area contributed by atoms with Crippen LogP contribution in [0.2, 0.25) is 0 Å². The molecule has 0 amide bonds. The molecular weight excluding hydrogens is 206 g/mol. The van der Waals surface area contributed by atoms with E-state index in [4.69, 9.17) is 5.73 Å². The number of thiazole rings is 1. The van der Waals surface area contributed by atoms with E-state index in [1.807, 2.05) is 6.07 Å². The number of rotatable bonds is 4. The van der Waals surface area contributed by atoms with Crippen molar-refractivity contribution in [1.29, 1.82) is 0 Å². The Kier molecular flexibility index (Phi) is 3.19. The van der Waals surface area contributed by atoms with Crippen LogP contribution in [0.5, 0.6) is 0 Å². The summed E-state index contributed by atoms with van der Waals surface area (Å²) in [5.74, 6) is 0. The monoisotopic (exact) mass is 219 g/mol. The Hall–Kier alpha value is -1.55. The topological polar surface area (TPSA) is 50.9 Å². The number of hydrogen-bond acceptors (Lipinski definition) is 4. The lowest BCUT2D eigenvalue weighted by atomic mass is 10.2. The van der Waals surface area contributed by atoms with E-state index in [1.54, 1.807) is 6.20 Å². The summed E-state index contributed by atoms with van der Waals surface area (Å²) in [5, 5.41) is 4.88. The van der Waals surface area contributed by atoms with Gasteiger partial charge >= 0.3 is 0 Å². The third-order valence-corrected chi connectivity index (χ3v) is 2.84.